The normalized spacial score (nSPS) is 13.0. The highest BCUT2D eigenvalue weighted by atomic mass is 32.2. The van der Waals surface area contributed by atoms with Crippen LogP contribution < -0.4 is 10.1 Å². The summed E-state index contributed by atoms with van der Waals surface area (Å²) in [5.74, 6) is 0.182. The molecule has 1 aromatic heterocycles. The minimum absolute atomic E-state index is 0.167. The molecule has 29 heavy (non-hydrogen) atoms. The molecule has 0 aliphatic carbocycles. The lowest BCUT2D eigenvalue weighted by atomic mass is 10.1. The van der Waals surface area contributed by atoms with Gasteiger partial charge in [0.05, 0.1) is 17.9 Å². The van der Waals surface area contributed by atoms with Gasteiger partial charge in [-0.3, -0.25) is 4.79 Å². The molecule has 2 aromatic carbocycles. The zero-order valence-corrected chi connectivity index (χ0v) is 17.2. The molecule has 1 N–H and O–H groups in total. The first-order valence-electron chi connectivity index (χ1n) is 9.22. The van der Waals surface area contributed by atoms with Crippen molar-refractivity contribution >= 4 is 17.7 Å². The average Bonchev–Trinajstić information content (AvgIpc) is 3.17. The first-order valence-corrected chi connectivity index (χ1v) is 10.1. The average molecular weight is 415 g/mol. The van der Waals surface area contributed by atoms with Crippen LogP contribution in [0.25, 0.3) is 5.69 Å². The van der Waals surface area contributed by atoms with Crippen LogP contribution in [0, 0.1) is 5.82 Å². The molecule has 0 saturated heterocycles. The predicted molar refractivity (Wildman–Crippen MR) is 109 cm³/mol. The predicted octanol–water partition coefficient (Wildman–Crippen LogP) is 3.56. The summed E-state index contributed by atoms with van der Waals surface area (Å²) in [7, 11) is 0. The number of amides is 1. The third kappa shape index (κ3) is 5.11. The van der Waals surface area contributed by atoms with E-state index < -0.39 is 5.25 Å². The van der Waals surface area contributed by atoms with E-state index in [-0.39, 0.29) is 17.8 Å². The Morgan fingerprint density at radius 1 is 1.21 bits per heavy atom. The number of halogens is 1. The zero-order valence-electron chi connectivity index (χ0n) is 16.4. The number of para-hydroxylation sites is 2. The second-order valence-electron chi connectivity index (χ2n) is 6.32. The third-order valence-corrected chi connectivity index (χ3v) is 5.25. The lowest BCUT2D eigenvalue weighted by Gasteiger charge is -2.17. The minimum Gasteiger partial charge on any atom is -0.492 e. The second kappa shape index (κ2) is 9.51. The van der Waals surface area contributed by atoms with Gasteiger partial charge in [0.2, 0.25) is 11.1 Å². The summed E-state index contributed by atoms with van der Waals surface area (Å²) >= 11 is 1.25. The van der Waals surface area contributed by atoms with Crippen molar-refractivity contribution in [3.8, 4) is 11.4 Å². The van der Waals surface area contributed by atoms with E-state index in [9.17, 15) is 9.18 Å². The van der Waals surface area contributed by atoms with Gasteiger partial charge in [-0.2, -0.15) is 4.68 Å². The van der Waals surface area contributed by atoms with Crippen LogP contribution in [-0.2, 0) is 4.79 Å². The fraction of sp³-hybridized carbons (Fsp3) is 0.300. The van der Waals surface area contributed by atoms with E-state index in [1.807, 2.05) is 38.1 Å². The SMILES string of the molecule is CCOc1ccccc1-n1nnnc1S[C@@H](C)C(=O)N[C@H](C)c1ccc(F)cc1. The number of tetrazole rings is 1. The van der Waals surface area contributed by atoms with Crippen molar-refractivity contribution in [3.63, 3.8) is 0 Å². The zero-order chi connectivity index (χ0) is 20.8. The molecule has 3 aromatic rings. The standard InChI is InChI=1S/C20H22FN5O2S/c1-4-28-18-8-6-5-7-17(18)26-20(23-24-25-26)29-14(3)19(27)22-13(2)15-9-11-16(21)12-10-15/h5-14H,4H2,1-3H3,(H,22,27)/t13-,14+/m1/s1. The maximum absolute atomic E-state index is 13.1. The Balaban J connectivity index is 1.70. The quantitative estimate of drug-likeness (QED) is 0.567. The van der Waals surface area contributed by atoms with Crippen LogP contribution in [0.15, 0.2) is 53.7 Å². The van der Waals surface area contributed by atoms with Crippen molar-refractivity contribution in [2.45, 2.75) is 37.2 Å². The number of aromatic nitrogens is 4. The summed E-state index contributed by atoms with van der Waals surface area (Å²) in [6.45, 7) is 6.05. The minimum atomic E-state index is -0.443. The number of rotatable bonds is 8. The number of carbonyl (C=O) groups excluding carboxylic acids is 1. The summed E-state index contributed by atoms with van der Waals surface area (Å²) < 4.78 is 20.3. The van der Waals surface area contributed by atoms with E-state index in [4.69, 9.17) is 4.74 Å². The molecular formula is C20H22FN5O2S. The molecular weight excluding hydrogens is 393 g/mol. The highest BCUT2D eigenvalue weighted by molar-refractivity contribution is 8.00. The van der Waals surface area contributed by atoms with Gasteiger partial charge in [0, 0.05) is 0 Å². The fourth-order valence-electron chi connectivity index (χ4n) is 2.69. The lowest BCUT2D eigenvalue weighted by Crippen LogP contribution is -2.33. The molecule has 1 heterocycles. The number of ether oxygens (including phenoxy) is 1. The molecule has 7 nitrogen and oxygen atoms in total. The van der Waals surface area contributed by atoms with Gasteiger partial charge in [-0.15, -0.1) is 5.10 Å². The van der Waals surface area contributed by atoms with Gasteiger partial charge in [-0.05, 0) is 61.0 Å². The van der Waals surface area contributed by atoms with Crippen LogP contribution in [0.2, 0.25) is 0 Å². The van der Waals surface area contributed by atoms with Gasteiger partial charge in [-0.1, -0.05) is 36.0 Å². The Bertz CT molecular complexity index is 964. The van der Waals surface area contributed by atoms with Gasteiger partial charge in [0.15, 0.2) is 0 Å². The summed E-state index contributed by atoms with van der Waals surface area (Å²) in [4.78, 5) is 12.6. The number of nitrogens with zero attached hydrogens (tertiary/aromatic N) is 4. The number of hydrogen-bond donors (Lipinski definition) is 1. The number of benzene rings is 2. The van der Waals surface area contributed by atoms with E-state index >= 15 is 0 Å². The molecule has 0 radical (unpaired) electrons. The van der Waals surface area contributed by atoms with Gasteiger partial charge in [-0.25, -0.2) is 4.39 Å². The summed E-state index contributed by atoms with van der Waals surface area (Å²) in [6, 6.07) is 13.3. The van der Waals surface area contributed by atoms with Crippen molar-refractivity contribution in [3.05, 3.63) is 59.9 Å². The Morgan fingerprint density at radius 2 is 1.93 bits per heavy atom. The molecule has 0 spiro atoms. The number of carbonyl (C=O) groups is 1. The Morgan fingerprint density at radius 3 is 2.66 bits per heavy atom. The maximum atomic E-state index is 13.1. The number of thioether (sulfide) groups is 1. The van der Waals surface area contributed by atoms with Crippen molar-refractivity contribution in [2.24, 2.45) is 0 Å². The Kier molecular flexibility index (Phi) is 6.82. The molecule has 2 atom stereocenters. The summed E-state index contributed by atoms with van der Waals surface area (Å²) in [5, 5.41) is 14.8. The van der Waals surface area contributed by atoms with E-state index in [1.54, 1.807) is 23.7 Å². The molecule has 0 aliphatic rings. The lowest BCUT2D eigenvalue weighted by molar-refractivity contribution is -0.120. The number of nitrogens with one attached hydrogen (secondary N) is 1. The van der Waals surface area contributed by atoms with E-state index in [0.29, 0.717) is 23.2 Å². The van der Waals surface area contributed by atoms with E-state index in [1.165, 1.54) is 23.9 Å². The van der Waals surface area contributed by atoms with Crippen LogP contribution in [0.1, 0.15) is 32.4 Å². The van der Waals surface area contributed by atoms with Gasteiger partial charge in [0.1, 0.15) is 17.3 Å². The third-order valence-electron chi connectivity index (χ3n) is 4.21. The van der Waals surface area contributed by atoms with Crippen LogP contribution >= 0.6 is 11.8 Å². The fourth-order valence-corrected chi connectivity index (χ4v) is 3.50. The van der Waals surface area contributed by atoms with Gasteiger partial charge < -0.3 is 10.1 Å². The van der Waals surface area contributed by atoms with Crippen LogP contribution in [-0.4, -0.2) is 38.0 Å². The van der Waals surface area contributed by atoms with Gasteiger partial charge in [0.25, 0.3) is 0 Å². The molecule has 1 amide bonds. The molecule has 3 rings (SSSR count). The first-order chi connectivity index (χ1) is 14.0. The Hall–Kier alpha value is -2.94. The maximum Gasteiger partial charge on any atom is 0.233 e. The number of hydrogen-bond acceptors (Lipinski definition) is 6. The largest absolute Gasteiger partial charge is 0.492 e. The molecule has 152 valence electrons. The van der Waals surface area contributed by atoms with Crippen molar-refractivity contribution in [2.75, 3.05) is 6.61 Å². The van der Waals surface area contributed by atoms with Crippen LogP contribution in [0.3, 0.4) is 0 Å². The van der Waals surface area contributed by atoms with Crippen LogP contribution in [0.5, 0.6) is 5.75 Å². The molecule has 0 unspecified atom stereocenters. The highest BCUT2D eigenvalue weighted by Crippen LogP contribution is 2.28. The summed E-state index contributed by atoms with van der Waals surface area (Å²) in [6.07, 6.45) is 0. The van der Waals surface area contributed by atoms with Crippen molar-refractivity contribution in [1.29, 1.82) is 0 Å². The van der Waals surface area contributed by atoms with Crippen molar-refractivity contribution in [1.82, 2.24) is 25.5 Å². The topological polar surface area (TPSA) is 81.9 Å². The van der Waals surface area contributed by atoms with Gasteiger partial charge >= 0.3 is 0 Å². The first kappa shape index (κ1) is 20.8. The van der Waals surface area contributed by atoms with Crippen LogP contribution in [0.4, 0.5) is 4.39 Å². The van der Waals surface area contributed by atoms with Crippen molar-refractivity contribution < 1.29 is 13.9 Å². The molecule has 9 heteroatoms. The monoisotopic (exact) mass is 415 g/mol. The molecule has 0 aliphatic heterocycles. The van der Waals surface area contributed by atoms with E-state index in [0.717, 1.165) is 5.56 Å². The highest BCUT2D eigenvalue weighted by Gasteiger charge is 2.22. The summed E-state index contributed by atoms with van der Waals surface area (Å²) in [5.41, 5.74) is 1.53. The smallest absolute Gasteiger partial charge is 0.233 e. The molecule has 0 fully saturated rings. The Labute approximate surface area is 172 Å². The molecule has 0 saturated carbocycles. The molecule has 0 bridgehead atoms. The second-order valence-corrected chi connectivity index (χ2v) is 7.62. The van der Waals surface area contributed by atoms with E-state index in [2.05, 4.69) is 20.8 Å².